The van der Waals surface area contributed by atoms with Crippen LogP contribution in [0.1, 0.15) is 19.3 Å². The maximum absolute atomic E-state index is 12.4. The van der Waals surface area contributed by atoms with Gasteiger partial charge in [0.25, 0.3) is 5.56 Å². The molecule has 0 aliphatic carbocycles. The van der Waals surface area contributed by atoms with Gasteiger partial charge in [0.15, 0.2) is 0 Å². The number of nitrogens with one attached hydrogen (secondary N) is 1. The maximum atomic E-state index is 12.4. The first-order chi connectivity index (χ1) is 10.2. The van der Waals surface area contributed by atoms with E-state index in [9.17, 15) is 4.79 Å². The van der Waals surface area contributed by atoms with Crippen molar-refractivity contribution in [2.75, 3.05) is 38.8 Å². The van der Waals surface area contributed by atoms with Gasteiger partial charge in [0.05, 0.1) is 25.0 Å². The Morgan fingerprint density at radius 3 is 3.05 bits per heavy atom. The molecule has 1 N–H and O–H groups in total. The molecule has 1 unspecified atom stereocenters. The molecule has 1 saturated heterocycles. The van der Waals surface area contributed by atoms with E-state index in [0.29, 0.717) is 23.7 Å². The first-order valence-corrected chi connectivity index (χ1v) is 8.14. The van der Waals surface area contributed by atoms with Gasteiger partial charge in [-0.05, 0) is 42.2 Å². The van der Waals surface area contributed by atoms with Crippen LogP contribution in [-0.4, -0.2) is 49.7 Å². The number of halogens is 1. The predicted octanol–water partition coefficient (Wildman–Crippen LogP) is 1.23. The van der Waals surface area contributed by atoms with Gasteiger partial charge in [0, 0.05) is 26.2 Å². The van der Waals surface area contributed by atoms with Gasteiger partial charge in [0.2, 0.25) is 0 Å². The zero-order chi connectivity index (χ0) is 15.2. The van der Waals surface area contributed by atoms with Crippen LogP contribution < -0.4 is 15.8 Å². The summed E-state index contributed by atoms with van der Waals surface area (Å²) in [5.74, 6) is 0. The third kappa shape index (κ3) is 3.84. The number of anilines is 1. The van der Waals surface area contributed by atoms with Gasteiger partial charge in [0.1, 0.15) is 4.47 Å². The molecule has 118 valence electrons. The van der Waals surface area contributed by atoms with E-state index in [0.717, 1.165) is 31.6 Å². The Bertz CT molecular complexity index is 518. The largest absolute Gasteiger partial charge is 0.383 e. The number of ether oxygens (including phenoxy) is 1. The van der Waals surface area contributed by atoms with Crippen molar-refractivity contribution >= 4 is 21.6 Å². The van der Waals surface area contributed by atoms with Crippen LogP contribution in [0.2, 0.25) is 0 Å². The molecule has 7 heteroatoms. The first kappa shape index (κ1) is 16.5. The van der Waals surface area contributed by atoms with Gasteiger partial charge < -0.3 is 15.0 Å². The molecule has 1 aromatic rings. The average molecular weight is 359 g/mol. The van der Waals surface area contributed by atoms with Crippen molar-refractivity contribution in [2.24, 2.45) is 0 Å². The molecule has 1 aliphatic heterocycles. The van der Waals surface area contributed by atoms with Crippen LogP contribution >= 0.6 is 15.9 Å². The fourth-order valence-electron chi connectivity index (χ4n) is 2.76. The quantitative estimate of drug-likeness (QED) is 0.828. The highest BCUT2D eigenvalue weighted by molar-refractivity contribution is 9.10. The number of nitrogens with zero attached hydrogens (tertiary/aromatic N) is 3. The molecule has 1 aliphatic rings. The van der Waals surface area contributed by atoms with Gasteiger partial charge in [-0.1, -0.05) is 0 Å². The minimum absolute atomic E-state index is 0.0988. The Kier molecular flexibility index (Phi) is 6.20. The third-order valence-electron chi connectivity index (χ3n) is 3.85. The minimum Gasteiger partial charge on any atom is -0.383 e. The molecule has 1 fully saturated rings. The number of hydrogen-bond acceptors (Lipinski definition) is 5. The van der Waals surface area contributed by atoms with Crippen LogP contribution in [0, 0.1) is 0 Å². The predicted molar refractivity (Wildman–Crippen MR) is 87.0 cm³/mol. The fourth-order valence-corrected chi connectivity index (χ4v) is 3.29. The number of piperidine rings is 1. The van der Waals surface area contributed by atoms with Gasteiger partial charge in [-0.3, -0.25) is 4.79 Å². The monoisotopic (exact) mass is 358 g/mol. The Labute approximate surface area is 133 Å². The lowest BCUT2D eigenvalue weighted by atomic mass is 10.0. The molecule has 0 saturated carbocycles. The number of methoxy groups -OCH3 is 1. The molecular weight excluding hydrogens is 336 g/mol. The molecular formula is C14H23BrN4O2. The normalized spacial score (nSPS) is 19.0. The molecule has 0 amide bonds. The number of hydrogen-bond donors (Lipinski definition) is 1. The van der Waals surface area contributed by atoms with Crippen LogP contribution in [0.5, 0.6) is 0 Å². The molecule has 2 heterocycles. The molecule has 1 atom stereocenters. The van der Waals surface area contributed by atoms with Crippen LogP contribution in [0.15, 0.2) is 15.5 Å². The average Bonchev–Trinajstić information content (AvgIpc) is 2.50. The summed E-state index contributed by atoms with van der Waals surface area (Å²) < 4.78 is 7.04. The van der Waals surface area contributed by atoms with Crippen molar-refractivity contribution in [3.63, 3.8) is 0 Å². The summed E-state index contributed by atoms with van der Waals surface area (Å²) in [7, 11) is 3.58. The lowest BCUT2D eigenvalue weighted by Crippen LogP contribution is -2.46. The minimum atomic E-state index is -0.0988. The van der Waals surface area contributed by atoms with Crippen LogP contribution in [-0.2, 0) is 11.3 Å². The third-order valence-corrected chi connectivity index (χ3v) is 4.60. The Morgan fingerprint density at radius 1 is 1.52 bits per heavy atom. The van der Waals surface area contributed by atoms with Gasteiger partial charge in [-0.2, -0.15) is 5.10 Å². The van der Waals surface area contributed by atoms with E-state index in [1.165, 1.54) is 11.1 Å². The van der Waals surface area contributed by atoms with E-state index in [2.05, 4.69) is 31.2 Å². The molecule has 21 heavy (non-hydrogen) atoms. The standard InChI is InChI=1S/C14H23BrN4O2/c1-16-9-11-5-3-4-6-18(11)12-10-17-19(7-8-21-2)14(20)13(12)15/h10-11,16H,3-9H2,1-2H3. The summed E-state index contributed by atoms with van der Waals surface area (Å²) in [5.41, 5.74) is 0.798. The molecule has 1 aromatic heterocycles. The van der Waals surface area contributed by atoms with Crippen LogP contribution in [0.4, 0.5) is 5.69 Å². The maximum Gasteiger partial charge on any atom is 0.283 e. The molecule has 0 aromatic carbocycles. The summed E-state index contributed by atoms with van der Waals surface area (Å²) in [5, 5.41) is 7.51. The zero-order valence-corrected chi connectivity index (χ0v) is 14.2. The lowest BCUT2D eigenvalue weighted by molar-refractivity contribution is 0.181. The highest BCUT2D eigenvalue weighted by Crippen LogP contribution is 2.28. The van der Waals surface area contributed by atoms with Crippen molar-refractivity contribution in [1.29, 1.82) is 0 Å². The molecule has 6 nitrogen and oxygen atoms in total. The zero-order valence-electron chi connectivity index (χ0n) is 12.6. The van der Waals surface area contributed by atoms with E-state index in [4.69, 9.17) is 4.74 Å². The summed E-state index contributed by atoms with van der Waals surface area (Å²) in [4.78, 5) is 14.6. The van der Waals surface area contributed by atoms with E-state index < -0.39 is 0 Å². The Hall–Kier alpha value is -0.920. The summed E-state index contributed by atoms with van der Waals surface area (Å²) in [6, 6.07) is 0.413. The van der Waals surface area contributed by atoms with Crippen molar-refractivity contribution in [2.45, 2.75) is 31.8 Å². The molecule has 0 spiro atoms. The number of aromatic nitrogens is 2. The van der Waals surface area contributed by atoms with Crippen molar-refractivity contribution < 1.29 is 4.74 Å². The van der Waals surface area contributed by atoms with Gasteiger partial charge in [-0.25, -0.2) is 4.68 Å². The first-order valence-electron chi connectivity index (χ1n) is 7.34. The smallest absolute Gasteiger partial charge is 0.283 e. The highest BCUT2D eigenvalue weighted by atomic mass is 79.9. The van der Waals surface area contributed by atoms with Gasteiger partial charge in [-0.15, -0.1) is 0 Å². The summed E-state index contributed by atoms with van der Waals surface area (Å²) in [6.45, 7) is 2.83. The van der Waals surface area contributed by atoms with Crippen molar-refractivity contribution in [3.8, 4) is 0 Å². The summed E-state index contributed by atoms with van der Waals surface area (Å²) in [6.07, 6.45) is 5.31. The molecule has 0 bridgehead atoms. The number of likely N-dealkylation sites (N-methyl/N-ethyl adjacent to an activating group) is 1. The van der Waals surface area contributed by atoms with Crippen LogP contribution in [0.3, 0.4) is 0 Å². The van der Waals surface area contributed by atoms with Crippen LogP contribution in [0.25, 0.3) is 0 Å². The lowest BCUT2D eigenvalue weighted by Gasteiger charge is -2.37. The number of rotatable bonds is 6. The second-order valence-electron chi connectivity index (χ2n) is 5.27. The van der Waals surface area contributed by atoms with Crippen molar-refractivity contribution in [1.82, 2.24) is 15.1 Å². The van der Waals surface area contributed by atoms with E-state index in [1.807, 2.05) is 7.05 Å². The van der Waals surface area contributed by atoms with Gasteiger partial charge >= 0.3 is 0 Å². The summed E-state index contributed by atoms with van der Waals surface area (Å²) >= 11 is 3.46. The topological polar surface area (TPSA) is 59.4 Å². The molecule has 2 rings (SSSR count). The molecule has 0 radical (unpaired) electrons. The van der Waals surface area contributed by atoms with E-state index in [1.54, 1.807) is 13.3 Å². The van der Waals surface area contributed by atoms with E-state index >= 15 is 0 Å². The Balaban J connectivity index is 2.26. The fraction of sp³-hybridized carbons (Fsp3) is 0.714. The van der Waals surface area contributed by atoms with E-state index in [-0.39, 0.29) is 5.56 Å². The highest BCUT2D eigenvalue weighted by Gasteiger charge is 2.25. The second kappa shape index (κ2) is 7.91. The van der Waals surface area contributed by atoms with Crippen molar-refractivity contribution in [3.05, 3.63) is 21.0 Å². The second-order valence-corrected chi connectivity index (χ2v) is 6.06. The SMILES string of the molecule is CNCC1CCCCN1c1cnn(CCOC)c(=O)c1Br. The Morgan fingerprint density at radius 2 is 2.33 bits per heavy atom.